The highest BCUT2D eigenvalue weighted by Crippen LogP contribution is 2.33. The summed E-state index contributed by atoms with van der Waals surface area (Å²) in [5.41, 5.74) is 2.06. The molecule has 0 saturated heterocycles. The molecular weight excluding hydrogens is 370 g/mol. The van der Waals surface area contributed by atoms with Crippen molar-refractivity contribution in [2.75, 3.05) is 19.5 Å². The molecule has 7 nitrogen and oxygen atoms in total. The Kier molecular flexibility index (Phi) is 6.84. The maximum Gasteiger partial charge on any atom is 0.260 e. The Labute approximate surface area is 170 Å². The third-order valence-corrected chi connectivity index (χ3v) is 4.51. The third-order valence-electron chi connectivity index (χ3n) is 4.51. The Morgan fingerprint density at radius 2 is 1.86 bits per heavy atom. The fourth-order valence-electron chi connectivity index (χ4n) is 2.95. The van der Waals surface area contributed by atoms with E-state index >= 15 is 0 Å². The summed E-state index contributed by atoms with van der Waals surface area (Å²) in [4.78, 5) is 16.7. The number of amides is 1. The summed E-state index contributed by atoms with van der Waals surface area (Å²) in [6.07, 6.45) is 3.47. The highest BCUT2D eigenvalue weighted by Gasteiger charge is 2.16. The molecule has 1 amide bonds. The smallest absolute Gasteiger partial charge is 0.260 e. The number of nitrogens with one attached hydrogen (secondary N) is 1. The Bertz CT molecular complexity index is 968. The van der Waals surface area contributed by atoms with Crippen molar-refractivity contribution in [3.05, 3.63) is 42.5 Å². The molecule has 0 aliphatic rings. The van der Waals surface area contributed by atoms with Crippen LogP contribution in [0.4, 0.5) is 5.69 Å². The van der Waals surface area contributed by atoms with Crippen LogP contribution in [0.5, 0.6) is 11.5 Å². The SMILES string of the molecule is CCCCCC(=O)Nc1ccccc1-c1nc(-c2ccc(OC)c(OC)c2)no1. The highest BCUT2D eigenvalue weighted by atomic mass is 16.5. The van der Waals surface area contributed by atoms with Gasteiger partial charge >= 0.3 is 0 Å². The number of hydrogen-bond donors (Lipinski definition) is 1. The molecule has 0 spiro atoms. The molecule has 2 aromatic carbocycles. The van der Waals surface area contributed by atoms with Gasteiger partial charge < -0.3 is 19.3 Å². The zero-order valence-electron chi connectivity index (χ0n) is 16.9. The van der Waals surface area contributed by atoms with Crippen LogP contribution in [-0.4, -0.2) is 30.3 Å². The number of nitrogens with zero attached hydrogens (tertiary/aromatic N) is 2. The van der Waals surface area contributed by atoms with Crippen LogP contribution in [0.1, 0.15) is 32.6 Å². The maximum atomic E-state index is 12.2. The molecule has 1 heterocycles. The Hall–Kier alpha value is -3.35. The van der Waals surface area contributed by atoms with Gasteiger partial charge in [-0.25, -0.2) is 0 Å². The van der Waals surface area contributed by atoms with E-state index in [0.717, 1.165) is 24.8 Å². The summed E-state index contributed by atoms with van der Waals surface area (Å²) in [6, 6.07) is 12.8. The molecule has 3 aromatic rings. The summed E-state index contributed by atoms with van der Waals surface area (Å²) >= 11 is 0. The maximum absolute atomic E-state index is 12.2. The lowest BCUT2D eigenvalue weighted by molar-refractivity contribution is -0.116. The first kappa shape index (κ1) is 20.4. The fourth-order valence-corrected chi connectivity index (χ4v) is 2.95. The van der Waals surface area contributed by atoms with Crippen LogP contribution >= 0.6 is 0 Å². The van der Waals surface area contributed by atoms with Crippen molar-refractivity contribution >= 4 is 11.6 Å². The first-order valence-electron chi connectivity index (χ1n) is 9.61. The van der Waals surface area contributed by atoms with Gasteiger partial charge in [-0.05, 0) is 36.8 Å². The Morgan fingerprint density at radius 3 is 2.62 bits per heavy atom. The van der Waals surface area contributed by atoms with E-state index in [1.54, 1.807) is 26.4 Å². The molecule has 0 aliphatic heterocycles. The zero-order chi connectivity index (χ0) is 20.6. The van der Waals surface area contributed by atoms with E-state index in [1.807, 2.05) is 30.3 Å². The second-order valence-corrected chi connectivity index (χ2v) is 6.54. The molecule has 0 atom stereocenters. The van der Waals surface area contributed by atoms with Gasteiger partial charge in [-0.2, -0.15) is 4.98 Å². The first-order valence-corrected chi connectivity index (χ1v) is 9.61. The second kappa shape index (κ2) is 9.73. The lowest BCUT2D eigenvalue weighted by Gasteiger charge is -2.08. The predicted molar refractivity (Wildman–Crippen MR) is 111 cm³/mol. The van der Waals surface area contributed by atoms with Crippen molar-refractivity contribution in [3.8, 4) is 34.3 Å². The van der Waals surface area contributed by atoms with Gasteiger partial charge in [-0.15, -0.1) is 0 Å². The van der Waals surface area contributed by atoms with Gasteiger partial charge in [0.05, 0.1) is 25.5 Å². The number of unbranched alkanes of at least 4 members (excludes halogenated alkanes) is 2. The van der Waals surface area contributed by atoms with Crippen LogP contribution in [0.15, 0.2) is 47.0 Å². The zero-order valence-corrected chi connectivity index (χ0v) is 16.9. The molecule has 152 valence electrons. The van der Waals surface area contributed by atoms with E-state index in [1.165, 1.54) is 0 Å². The minimum absolute atomic E-state index is 0.0227. The van der Waals surface area contributed by atoms with E-state index in [2.05, 4.69) is 22.4 Å². The van der Waals surface area contributed by atoms with Crippen molar-refractivity contribution in [2.24, 2.45) is 0 Å². The highest BCUT2D eigenvalue weighted by molar-refractivity contribution is 5.94. The average Bonchev–Trinajstić information content (AvgIpc) is 3.24. The normalized spacial score (nSPS) is 10.6. The van der Waals surface area contributed by atoms with Crippen LogP contribution in [0, 0.1) is 0 Å². The summed E-state index contributed by atoms with van der Waals surface area (Å²) in [5, 5.41) is 7.03. The molecule has 0 unspecified atom stereocenters. The number of ether oxygens (including phenoxy) is 2. The molecule has 0 fully saturated rings. The van der Waals surface area contributed by atoms with Gasteiger partial charge in [-0.1, -0.05) is 37.1 Å². The number of aromatic nitrogens is 2. The first-order chi connectivity index (χ1) is 14.2. The van der Waals surface area contributed by atoms with Crippen molar-refractivity contribution in [3.63, 3.8) is 0 Å². The van der Waals surface area contributed by atoms with Gasteiger partial charge in [0.15, 0.2) is 11.5 Å². The standard InChI is InChI=1S/C22H25N3O4/c1-4-5-6-11-20(26)23-17-10-8-7-9-16(17)22-24-21(25-29-22)15-12-13-18(27-2)19(14-15)28-3/h7-10,12-14H,4-6,11H2,1-3H3,(H,23,26). The van der Waals surface area contributed by atoms with Crippen LogP contribution < -0.4 is 14.8 Å². The van der Waals surface area contributed by atoms with Crippen molar-refractivity contribution < 1.29 is 18.8 Å². The number of benzene rings is 2. The number of methoxy groups -OCH3 is 2. The lowest BCUT2D eigenvalue weighted by atomic mass is 10.1. The van der Waals surface area contributed by atoms with E-state index in [0.29, 0.717) is 40.9 Å². The minimum Gasteiger partial charge on any atom is -0.493 e. The molecule has 0 bridgehead atoms. The Balaban J connectivity index is 1.83. The molecular formula is C22H25N3O4. The molecule has 0 aliphatic carbocycles. The molecule has 1 aromatic heterocycles. The Morgan fingerprint density at radius 1 is 1.07 bits per heavy atom. The molecule has 0 radical (unpaired) electrons. The average molecular weight is 395 g/mol. The van der Waals surface area contributed by atoms with Crippen LogP contribution in [-0.2, 0) is 4.79 Å². The van der Waals surface area contributed by atoms with Gasteiger partial charge in [0.25, 0.3) is 5.89 Å². The summed E-state index contributed by atoms with van der Waals surface area (Å²) in [5.74, 6) is 1.93. The van der Waals surface area contributed by atoms with Crippen LogP contribution in [0.2, 0.25) is 0 Å². The summed E-state index contributed by atoms with van der Waals surface area (Å²) in [6.45, 7) is 2.11. The summed E-state index contributed by atoms with van der Waals surface area (Å²) < 4.78 is 16.1. The van der Waals surface area contributed by atoms with Crippen LogP contribution in [0.3, 0.4) is 0 Å². The van der Waals surface area contributed by atoms with Crippen molar-refractivity contribution in [1.82, 2.24) is 10.1 Å². The topological polar surface area (TPSA) is 86.5 Å². The van der Waals surface area contributed by atoms with Crippen molar-refractivity contribution in [1.29, 1.82) is 0 Å². The molecule has 3 rings (SSSR count). The van der Waals surface area contributed by atoms with E-state index in [4.69, 9.17) is 14.0 Å². The summed E-state index contributed by atoms with van der Waals surface area (Å²) in [7, 11) is 3.15. The predicted octanol–water partition coefficient (Wildman–Crippen LogP) is 4.94. The third kappa shape index (κ3) is 4.93. The molecule has 29 heavy (non-hydrogen) atoms. The van der Waals surface area contributed by atoms with Crippen molar-refractivity contribution in [2.45, 2.75) is 32.6 Å². The number of carbonyl (C=O) groups is 1. The van der Waals surface area contributed by atoms with Gasteiger partial charge in [-0.3, -0.25) is 4.79 Å². The number of carbonyl (C=O) groups excluding carboxylic acids is 1. The minimum atomic E-state index is -0.0227. The number of anilines is 1. The van der Waals surface area contributed by atoms with Gasteiger partial charge in [0, 0.05) is 12.0 Å². The molecule has 1 N–H and O–H groups in total. The van der Waals surface area contributed by atoms with Crippen LogP contribution in [0.25, 0.3) is 22.8 Å². The second-order valence-electron chi connectivity index (χ2n) is 6.54. The fraction of sp³-hybridized carbons (Fsp3) is 0.318. The van der Waals surface area contributed by atoms with E-state index in [-0.39, 0.29) is 5.91 Å². The number of hydrogen-bond acceptors (Lipinski definition) is 6. The lowest BCUT2D eigenvalue weighted by Crippen LogP contribution is -2.11. The van der Waals surface area contributed by atoms with Gasteiger partial charge in [0.1, 0.15) is 0 Å². The quantitative estimate of drug-likeness (QED) is 0.517. The number of para-hydroxylation sites is 1. The molecule has 0 saturated carbocycles. The van der Waals surface area contributed by atoms with E-state index in [9.17, 15) is 4.79 Å². The van der Waals surface area contributed by atoms with E-state index < -0.39 is 0 Å². The monoisotopic (exact) mass is 395 g/mol. The van der Waals surface area contributed by atoms with Gasteiger partial charge in [0.2, 0.25) is 11.7 Å². The molecule has 7 heteroatoms. The number of rotatable bonds is 9. The largest absolute Gasteiger partial charge is 0.493 e.